The van der Waals surface area contributed by atoms with Crippen molar-refractivity contribution in [3.63, 3.8) is 0 Å². The highest BCUT2D eigenvalue weighted by Gasteiger charge is 2.10. The number of rotatable bonds is 3. The smallest absolute Gasteiger partial charge is 0.365 e. The molecule has 0 aliphatic heterocycles. The van der Waals surface area contributed by atoms with Gasteiger partial charge in [0.2, 0.25) is 5.89 Å². The van der Waals surface area contributed by atoms with Gasteiger partial charge in [-0.1, -0.05) is 35.5 Å². The van der Waals surface area contributed by atoms with Gasteiger partial charge in [0.05, 0.1) is 5.56 Å². The van der Waals surface area contributed by atoms with Crippen LogP contribution in [0.3, 0.4) is 0 Å². The molecular formula is C16H12N2O3. The minimum atomic E-state index is -0.522. The maximum atomic E-state index is 11.8. The van der Waals surface area contributed by atoms with Gasteiger partial charge in [-0.15, -0.1) is 0 Å². The molecule has 0 aliphatic carbocycles. The lowest BCUT2D eigenvalue weighted by molar-refractivity contribution is 0.0516. The summed E-state index contributed by atoms with van der Waals surface area (Å²) in [5.41, 5.74) is 2.23. The molecule has 0 saturated carbocycles. The maximum absolute atomic E-state index is 11.8. The summed E-state index contributed by atoms with van der Waals surface area (Å²) in [5, 5.41) is 3.78. The second-order valence-corrected chi connectivity index (χ2v) is 4.41. The number of hydrogen-bond donors (Lipinski definition) is 0. The Labute approximate surface area is 120 Å². The summed E-state index contributed by atoms with van der Waals surface area (Å²) in [7, 11) is 0. The Morgan fingerprint density at radius 3 is 2.57 bits per heavy atom. The molecular weight excluding hydrogens is 268 g/mol. The third-order valence-electron chi connectivity index (χ3n) is 2.88. The van der Waals surface area contributed by atoms with Crippen LogP contribution in [0.15, 0.2) is 64.2 Å². The zero-order chi connectivity index (χ0) is 14.7. The van der Waals surface area contributed by atoms with Gasteiger partial charge < -0.3 is 9.25 Å². The van der Waals surface area contributed by atoms with E-state index in [-0.39, 0.29) is 0 Å². The van der Waals surface area contributed by atoms with E-state index < -0.39 is 5.97 Å². The van der Waals surface area contributed by atoms with Gasteiger partial charge in [0, 0.05) is 0 Å². The van der Waals surface area contributed by atoms with Crippen molar-refractivity contribution in [3.05, 3.63) is 66.1 Å². The van der Waals surface area contributed by atoms with Crippen molar-refractivity contribution in [1.82, 2.24) is 4.98 Å². The van der Waals surface area contributed by atoms with Crippen LogP contribution in [0.1, 0.15) is 23.2 Å². The highest BCUT2D eigenvalue weighted by Crippen LogP contribution is 2.15. The third-order valence-corrected chi connectivity index (χ3v) is 2.88. The zero-order valence-corrected chi connectivity index (χ0v) is 11.3. The number of oxazole rings is 1. The van der Waals surface area contributed by atoms with Crippen molar-refractivity contribution >= 4 is 22.8 Å². The van der Waals surface area contributed by atoms with Crippen LogP contribution in [0.4, 0.5) is 0 Å². The van der Waals surface area contributed by atoms with Gasteiger partial charge in [-0.25, -0.2) is 9.78 Å². The first-order valence-electron chi connectivity index (χ1n) is 6.41. The standard InChI is InChI=1S/C16H12N2O3/c1-11(15-17-13-9-5-6-10-14(13)20-15)18-21-16(19)12-7-3-2-4-8-12/h2-10H,1H3/b18-11+. The van der Waals surface area contributed by atoms with Crippen LogP contribution in [0.25, 0.3) is 11.1 Å². The van der Waals surface area contributed by atoms with Gasteiger partial charge in [-0.2, -0.15) is 0 Å². The fourth-order valence-corrected chi connectivity index (χ4v) is 1.80. The first-order chi connectivity index (χ1) is 10.2. The number of benzene rings is 2. The molecule has 0 spiro atoms. The first kappa shape index (κ1) is 13.1. The first-order valence-corrected chi connectivity index (χ1v) is 6.41. The minimum absolute atomic E-state index is 0.331. The summed E-state index contributed by atoms with van der Waals surface area (Å²) in [4.78, 5) is 20.9. The third kappa shape index (κ3) is 2.81. The Kier molecular flexibility index (Phi) is 3.47. The van der Waals surface area contributed by atoms with Crippen molar-refractivity contribution in [2.75, 3.05) is 0 Å². The van der Waals surface area contributed by atoms with Gasteiger partial charge in [0.1, 0.15) is 11.2 Å². The van der Waals surface area contributed by atoms with Crippen molar-refractivity contribution in [2.24, 2.45) is 5.16 Å². The second kappa shape index (κ2) is 5.58. The molecule has 1 aromatic heterocycles. The van der Waals surface area contributed by atoms with E-state index in [2.05, 4.69) is 10.1 Å². The number of para-hydroxylation sites is 2. The van der Waals surface area contributed by atoms with Crippen LogP contribution in [-0.4, -0.2) is 16.7 Å². The van der Waals surface area contributed by atoms with E-state index in [0.29, 0.717) is 22.7 Å². The molecule has 0 atom stereocenters. The quantitative estimate of drug-likeness (QED) is 0.419. The number of fused-ring (bicyclic) bond motifs is 1. The van der Waals surface area contributed by atoms with Crippen molar-refractivity contribution in [3.8, 4) is 0 Å². The summed E-state index contributed by atoms with van der Waals surface area (Å²) in [5.74, 6) is -0.192. The number of hydrogen-bond acceptors (Lipinski definition) is 5. The molecule has 21 heavy (non-hydrogen) atoms. The molecule has 0 fully saturated rings. The second-order valence-electron chi connectivity index (χ2n) is 4.41. The molecule has 3 aromatic rings. The Morgan fingerprint density at radius 2 is 1.81 bits per heavy atom. The number of nitrogens with zero attached hydrogens (tertiary/aromatic N) is 2. The van der Waals surface area contributed by atoms with Gasteiger partial charge in [0.15, 0.2) is 5.58 Å². The predicted molar refractivity (Wildman–Crippen MR) is 78.1 cm³/mol. The molecule has 1 heterocycles. The molecule has 0 unspecified atom stereocenters. The molecule has 0 aliphatic rings. The Balaban J connectivity index is 1.78. The lowest BCUT2D eigenvalue weighted by atomic mass is 10.2. The number of carbonyl (C=O) groups is 1. The van der Waals surface area contributed by atoms with Crippen LogP contribution in [-0.2, 0) is 4.84 Å². The van der Waals surface area contributed by atoms with Crippen molar-refractivity contribution < 1.29 is 14.0 Å². The van der Waals surface area contributed by atoms with Crippen LogP contribution in [0.2, 0.25) is 0 Å². The van der Waals surface area contributed by atoms with Crippen LogP contribution < -0.4 is 0 Å². The Hall–Kier alpha value is -2.95. The summed E-state index contributed by atoms with van der Waals surface area (Å²) >= 11 is 0. The van der Waals surface area contributed by atoms with E-state index in [0.717, 1.165) is 5.52 Å². The Morgan fingerprint density at radius 1 is 1.10 bits per heavy atom. The van der Waals surface area contributed by atoms with E-state index in [1.807, 2.05) is 30.3 Å². The number of aromatic nitrogens is 1. The van der Waals surface area contributed by atoms with Crippen LogP contribution in [0, 0.1) is 0 Å². The van der Waals surface area contributed by atoms with E-state index in [4.69, 9.17) is 9.25 Å². The summed E-state index contributed by atoms with van der Waals surface area (Å²) in [6.45, 7) is 1.67. The molecule has 0 radical (unpaired) electrons. The van der Waals surface area contributed by atoms with Gasteiger partial charge in [-0.3, -0.25) is 0 Å². The van der Waals surface area contributed by atoms with Gasteiger partial charge in [-0.05, 0) is 31.2 Å². The SMILES string of the molecule is C/C(=N\OC(=O)c1ccccc1)c1nc2ccccc2o1. The van der Waals surface area contributed by atoms with E-state index in [1.54, 1.807) is 31.2 Å². The molecule has 5 heteroatoms. The van der Waals surface area contributed by atoms with Gasteiger partial charge >= 0.3 is 5.97 Å². The fraction of sp³-hybridized carbons (Fsp3) is 0.0625. The van der Waals surface area contributed by atoms with Gasteiger partial charge in [0.25, 0.3) is 0 Å². The normalized spacial score (nSPS) is 11.6. The largest absolute Gasteiger partial charge is 0.435 e. The lowest BCUT2D eigenvalue weighted by Crippen LogP contribution is -2.03. The monoisotopic (exact) mass is 280 g/mol. The molecule has 2 aromatic carbocycles. The van der Waals surface area contributed by atoms with Crippen LogP contribution in [0.5, 0.6) is 0 Å². The zero-order valence-electron chi connectivity index (χ0n) is 11.3. The highest BCUT2D eigenvalue weighted by atomic mass is 16.7. The molecule has 5 nitrogen and oxygen atoms in total. The average Bonchev–Trinajstić information content (AvgIpc) is 2.97. The number of carbonyl (C=O) groups excluding carboxylic acids is 1. The van der Waals surface area contributed by atoms with E-state index in [1.165, 1.54) is 0 Å². The molecule has 104 valence electrons. The fourth-order valence-electron chi connectivity index (χ4n) is 1.80. The molecule has 0 bridgehead atoms. The van der Waals surface area contributed by atoms with Crippen molar-refractivity contribution in [1.29, 1.82) is 0 Å². The number of oxime groups is 1. The Bertz CT molecular complexity index is 774. The summed E-state index contributed by atoms with van der Waals surface area (Å²) in [6, 6.07) is 16.0. The molecule has 0 N–H and O–H groups in total. The lowest BCUT2D eigenvalue weighted by Gasteiger charge is -1.98. The molecule has 3 rings (SSSR count). The average molecular weight is 280 g/mol. The minimum Gasteiger partial charge on any atom is -0.435 e. The predicted octanol–water partition coefficient (Wildman–Crippen LogP) is 3.41. The maximum Gasteiger partial charge on any atom is 0.365 e. The van der Waals surface area contributed by atoms with Crippen LogP contribution >= 0.6 is 0 Å². The van der Waals surface area contributed by atoms with Crippen molar-refractivity contribution in [2.45, 2.75) is 6.92 Å². The van der Waals surface area contributed by atoms with E-state index >= 15 is 0 Å². The summed E-state index contributed by atoms with van der Waals surface area (Å²) in [6.07, 6.45) is 0. The van der Waals surface area contributed by atoms with E-state index in [9.17, 15) is 4.79 Å². The summed E-state index contributed by atoms with van der Waals surface area (Å²) < 4.78 is 5.53. The molecule has 0 amide bonds. The molecule has 0 saturated heterocycles. The topological polar surface area (TPSA) is 64.7 Å². The highest BCUT2D eigenvalue weighted by molar-refractivity contribution is 5.97.